The number of amides is 1. The van der Waals surface area contributed by atoms with Gasteiger partial charge in [0.15, 0.2) is 0 Å². The van der Waals surface area contributed by atoms with E-state index in [-0.39, 0.29) is 49.7 Å². The first-order chi connectivity index (χ1) is 30.2. The maximum atomic E-state index is 14.1. The average Bonchev–Trinajstić information content (AvgIpc) is 3.27. The summed E-state index contributed by atoms with van der Waals surface area (Å²) in [5, 5.41) is 36.0. The van der Waals surface area contributed by atoms with Crippen LogP contribution in [0.25, 0.3) is 0 Å². The van der Waals surface area contributed by atoms with Crippen LogP contribution in [0, 0.1) is 27.9 Å². The Morgan fingerprint density at radius 2 is 1.65 bits per heavy atom. The molecule has 6 atom stereocenters. The van der Waals surface area contributed by atoms with Gasteiger partial charge in [0.1, 0.15) is 29.9 Å². The van der Waals surface area contributed by atoms with E-state index in [1.54, 1.807) is 36.2 Å². The van der Waals surface area contributed by atoms with E-state index in [4.69, 9.17) is 28.9 Å². The van der Waals surface area contributed by atoms with Crippen LogP contribution in [0.3, 0.4) is 0 Å². The fraction of sp³-hybridized carbons (Fsp3) is 0.633. The maximum absolute atomic E-state index is 14.1. The lowest BCUT2D eigenvalue weighted by molar-refractivity contribution is -0.384. The summed E-state index contributed by atoms with van der Waals surface area (Å²) < 4.78 is 26.4. The predicted octanol–water partition coefficient (Wildman–Crippen LogP) is 11.0. The third-order valence-corrected chi connectivity index (χ3v) is 12.7. The molecule has 2 N–H and O–H groups in total. The fourth-order valence-electron chi connectivity index (χ4n) is 9.71. The van der Waals surface area contributed by atoms with E-state index in [0.717, 1.165) is 56.1 Å². The number of rotatable bonds is 28. The lowest BCUT2D eigenvalue weighted by atomic mass is 9.55. The molecule has 0 bridgehead atoms. The molecule has 5 rings (SSSR count). The number of benzene rings is 2. The first kappa shape index (κ1) is 48.6. The van der Waals surface area contributed by atoms with Crippen molar-refractivity contribution >= 4 is 17.5 Å². The van der Waals surface area contributed by atoms with Gasteiger partial charge in [-0.3, -0.25) is 10.1 Å². The second kappa shape index (κ2) is 25.0. The number of fused-ring (bicyclic) bond motifs is 2. The Labute approximate surface area is 368 Å². The van der Waals surface area contributed by atoms with Gasteiger partial charge in [-0.15, -0.1) is 6.58 Å². The van der Waals surface area contributed by atoms with Crippen molar-refractivity contribution in [2.45, 2.75) is 141 Å². The molecule has 1 saturated carbocycles. The highest BCUT2D eigenvalue weighted by molar-refractivity contribution is 6.02. The lowest BCUT2D eigenvalue weighted by Gasteiger charge is -2.59. The van der Waals surface area contributed by atoms with Crippen molar-refractivity contribution in [3.63, 3.8) is 0 Å². The molecular formula is C49H71N3O10. The van der Waals surface area contributed by atoms with Crippen molar-refractivity contribution < 1.29 is 43.7 Å². The molecule has 13 nitrogen and oxygen atoms in total. The third kappa shape index (κ3) is 12.4. The van der Waals surface area contributed by atoms with Gasteiger partial charge in [-0.25, -0.2) is 4.79 Å². The Balaban J connectivity index is 1.53. The van der Waals surface area contributed by atoms with Crippen molar-refractivity contribution in [2.24, 2.45) is 22.9 Å². The molecule has 62 heavy (non-hydrogen) atoms. The van der Waals surface area contributed by atoms with Crippen LogP contribution in [0.1, 0.15) is 134 Å². The summed E-state index contributed by atoms with van der Waals surface area (Å²) in [5.41, 5.74) is 2.44. The van der Waals surface area contributed by atoms with Gasteiger partial charge in [-0.1, -0.05) is 101 Å². The predicted molar refractivity (Wildman–Crippen MR) is 241 cm³/mol. The van der Waals surface area contributed by atoms with E-state index < -0.39 is 28.8 Å². The molecule has 13 heteroatoms. The minimum Gasteiger partial charge on any atom is -0.459 e. The Morgan fingerprint density at radius 3 is 2.32 bits per heavy atom. The molecule has 3 aliphatic rings. The fourth-order valence-corrected chi connectivity index (χ4v) is 9.71. The lowest BCUT2D eigenvalue weighted by Crippen LogP contribution is -2.69. The number of hydrogen-bond acceptors (Lipinski definition) is 11. The summed E-state index contributed by atoms with van der Waals surface area (Å²) in [6.45, 7) is 9.08. The zero-order chi connectivity index (χ0) is 44.3. The second-order valence-corrected chi connectivity index (χ2v) is 17.0. The standard InChI is InChI=1S/C49H71N3O10/c1-5-8-9-10-11-12-13-14-15-20-31-58-48(55)51(4)45-35-43(50-60-7-3)41-32-36(22-16-18-28-53)40(25-17-19-29-54)46-42-34-39(61-38-24-21-23-37(33-38)52(56)57)26-27-44(42)62-49(45,47(41)46)59-30-6-2/h6,21,23-24,26-27,32-34,36,40,45-47,53-54H,2,5,7-20,22,25,28-31,35H2,1,3-4H3/t36-,40+,45-,46+,47+,49+/m0/s1. The number of carbonyl (C=O) groups excluding carboxylic acids is 1. The monoisotopic (exact) mass is 862 g/mol. The van der Waals surface area contributed by atoms with Gasteiger partial charge in [0.2, 0.25) is 5.79 Å². The molecule has 0 radical (unpaired) electrons. The molecule has 1 fully saturated rings. The molecule has 2 aliphatic carbocycles. The molecule has 342 valence electrons. The first-order valence-electron chi connectivity index (χ1n) is 23.2. The molecule has 1 amide bonds. The molecule has 0 aromatic heterocycles. The van der Waals surface area contributed by atoms with Crippen LogP contribution >= 0.6 is 0 Å². The largest absolute Gasteiger partial charge is 0.459 e. The summed E-state index contributed by atoms with van der Waals surface area (Å²) >= 11 is 0. The van der Waals surface area contributed by atoms with E-state index in [0.29, 0.717) is 49.0 Å². The molecule has 0 unspecified atom stereocenters. The van der Waals surface area contributed by atoms with Gasteiger partial charge >= 0.3 is 6.09 Å². The summed E-state index contributed by atoms with van der Waals surface area (Å²) in [7, 11) is 1.74. The van der Waals surface area contributed by atoms with Crippen molar-refractivity contribution in [1.29, 1.82) is 0 Å². The number of nitro benzene ring substituents is 1. The van der Waals surface area contributed by atoms with Gasteiger partial charge in [0, 0.05) is 44.2 Å². The number of aliphatic hydroxyl groups excluding tert-OH is 2. The Kier molecular flexibility index (Phi) is 19.6. The number of likely N-dealkylation sites (N-methyl/N-ethyl adjacent to an activating group) is 1. The van der Waals surface area contributed by atoms with Gasteiger partial charge in [0.25, 0.3) is 5.69 Å². The van der Waals surface area contributed by atoms with Crippen molar-refractivity contribution in [3.8, 4) is 17.2 Å². The Hall–Kier alpha value is -4.46. The maximum Gasteiger partial charge on any atom is 0.409 e. The molecular weight excluding hydrogens is 791 g/mol. The number of ether oxygens (including phenoxy) is 4. The average molecular weight is 862 g/mol. The van der Waals surface area contributed by atoms with E-state index in [9.17, 15) is 25.1 Å². The van der Waals surface area contributed by atoms with Gasteiger partial charge in [0.05, 0.1) is 35.8 Å². The molecule has 0 saturated heterocycles. The van der Waals surface area contributed by atoms with Crippen molar-refractivity contribution in [1.82, 2.24) is 4.90 Å². The minimum absolute atomic E-state index is 0.0251. The molecule has 2 aromatic carbocycles. The summed E-state index contributed by atoms with van der Waals surface area (Å²) in [6, 6.07) is 11.0. The summed E-state index contributed by atoms with van der Waals surface area (Å²) in [6.07, 6.45) is 20.0. The van der Waals surface area contributed by atoms with Gasteiger partial charge < -0.3 is 38.9 Å². The second-order valence-electron chi connectivity index (χ2n) is 17.0. The molecule has 2 aromatic rings. The topological polar surface area (TPSA) is 162 Å². The molecule has 1 heterocycles. The smallest absolute Gasteiger partial charge is 0.409 e. The first-order valence-corrected chi connectivity index (χ1v) is 23.2. The van der Waals surface area contributed by atoms with Gasteiger partial charge in [-0.05, 0) is 80.7 Å². The van der Waals surface area contributed by atoms with E-state index >= 15 is 0 Å². The van der Waals surface area contributed by atoms with E-state index in [1.807, 2.05) is 19.1 Å². The number of nitrogens with zero attached hydrogens (tertiary/aromatic N) is 3. The Bertz CT molecular complexity index is 1800. The number of carbonyl (C=O) groups is 1. The number of oxime groups is 1. The van der Waals surface area contributed by atoms with Gasteiger partial charge in [-0.2, -0.15) is 0 Å². The van der Waals surface area contributed by atoms with Crippen molar-refractivity contribution in [3.05, 3.63) is 82.4 Å². The number of non-ortho nitro benzene ring substituents is 1. The van der Waals surface area contributed by atoms with Crippen LogP contribution in [0.2, 0.25) is 0 Å². The van der Waals surface area contributed by atoms with Crippen LogP contribution in [-0.4, -0.2) is 83.8 Å². The highest BCUT2D eigenvalue weighted by atomic mass is 16.7. The summed E-state index contributed by atoms with van der Waals surface area (Å²) in [4.78, 5) is 32.7. The summed E-state index contributed by atoms with van der Waals surface area (Å²) in [5.74, 6) is -0.657. The highest BCUT2D eigenvalue weighted by Gasteiger charge is 2.65. The number of hydrogen-bond donors (Lipinski definition) is 2. The zero-order valence-corrected chi connectivity index (χ0v) is 37.3. The Morgan fingerprint density at radius 1 is 0.952 bits per heavy atom. The van der Waals surface area contributed by atoms with Crippen LogP contribution < -0.4 is 9.47 Å². The van der Waals surface area contributed by atoms with Crippen molar-refractivity contribution in [2.75, 3.05) is 40.1 Å². The SMILES string of the molecule is C=CCO[C@@]12Oc3ccc(Oc4cccc([N+](=O)[O-])c4)cc3[C@H]3[C@H](CCCCO)[C@@H](CCCCO)C=C(C(=NOCC)C[C@@H]1N(C)C(=O)OCCCCCCCCCCCC)[C@H]32. The van der Waals surface area contributed by atoms with E-state index in [2.05, 4.69) is 19.6 Å². The van der Waals surface area contributed by atoms with E-state index in [1.165, 1.54) is 57.1 Å². The zero-order valence-electron chi connectivity index (χ0n) is 37.3. The third-order valence-electron chi connectivity index (χ3n) is 12.7. The van der Waals surface area contributed by atoms with Crippen LogP contribution in [0.15, 0.2) is 71.9 Å². The minimum atomic E-state index is -1.40. The number of unbranched alkanes of at least 4 members (excludes halogenated alkanes) is 11. The highest BCUT2D eigenvalue weighted by Crippen LogP contribution is 2.62. The number of nitro groups is 1. The van der Waals surface area contributed by atoms with Crippen LogP contribution in [0.4, 0.5) is 10.5 Å². The molecule has 1 aliphatic heterocycles. The van der Waals surface area contributed by atoms with Crippen LogP contribution in [0.5, 0.6) is 17.2 Å². The molecule has 0 spiro atoms. The van der Waals surface area contributed by atoms with Crippen LogP contribution in [-0.2, 0) is 14.3 Å². The normalized spacial score (nSPS) is 23.1. The quantitative estimate of drug-likeness (QED) is 0.0364. The number of aliphatic hydroxyl groups is 2. The number of allylic oxidation sites excluding steroid dienone is 1.